The van der Waals surface area contributed by atoms with Gasteiger partial charge in [0.1, 0.15) is 11.3 Å². The van der Waals surface area contributed by atoms with E-state index in [1.54, 1.807) is 0 Å². The molecule has 2 aromatic carbocycles. The molecule has 0 unspecified atom stereocenters. The summed E-state index contributed by atoms with van der Waals surface area (Å²) in [5.41, 5.74) is 3.89. The van der Waals surface area contributed by atoms with Gasteiger partial charge in [0, 0.05) is 19.0 Å². The molecule has 2 heterocycles. The first-order valence-corrected chi connectivity index (χ1v) is 9.43. The van der Waals surface area contributed by atoms with Crippen molar-refractivity contribution in [2.45, 2.75) is 32.6 Å². The molecule has 0 N–H and O–H groups in total. The summed E-state index contributed by atoms with van der Waals surface area (Å²) in [6.07, 6.45) is 1.73. The molecular weight excluding hydrogens is 340 g/mol. The maximum atomic E-state index is 12.5. The van der Waals surface area contributed by atoms with Gasteiger partial charge in [0.05, 0.1) is 0 Å². The fraction of sp³-hybridized carbons (Fsp3) is 0.364. The van der Waals surface area contributed by atoms with Crippen LogP contribution in [0.4, 0.5) is 0 Å². The lowest BCUT2D eigenvalue weighted by molar-refractivity contribution is -0.134. The predicted octanol–water partition coefficient (Wildman–Crippen LogP) is 4.23. The summed E-state index contributed by atoms with van der Waals surface area (Å²) < 4.78 is 11.7. The number of nitrogens with zero attached hydrogens (tertiary/aromatic N) is 2. The molecule has 1 aliphatic rings. The minimum atomic E-state index is 0.0342. The van der Waals surface area contributed by atoms with Crippen LogP contribution in [0, 0.1) is 13.8 Å². The fourth-order valence-electron chi connectivity index (χ4n) is 3.53. The highest BCUT2D eigenvalue weighted by Crippen LogP contribution is 2.30. The van der Waals surface area contributed by atoms with Gasteiger partial charge in [-0.3, -0.25) is 4.79 Å². The van der Waals surface area contributed by atoms with Gasteiger partial charge < -0.3 is 14.1 Å². The highest BCUT2D eigenvalue weighted by molar-refractivity contribution is 5.78. The highest BCUT2D eigenvalue weighted by Gasteiger charge is 2.27. The second-order valence-electron chi connectivity index (χ2n) is 7.23. The number of rotatable bonds is 4. The molecule has 1 aromatic heterocycles. The zero-order chi connectivity index (χ0) is 18.8. The lowest BCUT2D eigenvalue weighted by atomic mass is 9.97. The van der Waals surface area contributed by atoms with Gasteiger partial charge in [-0.05, 0) is 56.0 Å². The third-order valence-corrected chi connectivity index (χ3v) is 5.20. The van der Waals surface area contributed by atoms with Crippen LogP contribution in [0.2, 0.25) is 0 Å². The molecule has 27 heavy (non-hydrogen) atoms. The van der Waals surface area contributed by atoms with Crippen molar-refractivity contribution in [1.29, 1.82) is 0 Å². The number of benzene rings is 2. The fourth-order valence-corrected chi connectivity index (χ4v) is 3.53. The number of piperidine rings is 1. The topological polar surface area (TPSA) is 55.6 Å². The predicted molar refractivity (Wildman–Crippen MR) is 104 cm³/mol. The Morgan fingerprint density at radius 2 is 1.96 bits per heavy atom. The molecule has 5 nitrogen and oxygen atoms in total. The van der Waals surface area contributed by atoms with Gasteiger partial charge in [0.25, 0.3) is 5.91 Å². The Labute approximate surface area is 158 Å². The zero-order valence-corrected chi connectivity index (χ0v) is 15.8. The van der Waals surface area contributed by atoms with Crippen LogP contribution in [-0.4, -0.2) is 35.5 Å². The maximum absolute atomic E-state index is 12.5. The van der Waals surface area contributed by atoms with E-state index < -0.39 is 0 Å². The Morgan fingerprint density at radius 1 is 1.19 bits per heavy atom. The van der Waals surface area contributed by atoms with E-state index in [-0.39, 0.29) is 18.4 Å². The summed E-state index contributed by atoms with van der Waals surface area (Å²) in [5, 5.41) is 0. The number of carbonyl (C=O) groups excluding carboxylic acids is 1. The third-order valence-electron chi connectivity index (χ3n) is 5.20. The number of carbonyl (C=O) groups is 1. The van der Waals surface area contributed by atoms with E-state index in [1.807, 2.05) is 61.2 Å². The molecule has 0 radical (unpaired) electrons. The van der Waals surface area contributed by atoms with Crippen molar-refractivity contribution in [3.63, 3.8) is 0 Å². The van der Waals surface area contributed by atoms with Crippen LogP contribution in [0.15, 0.2) is 46.9 Å². The van der Waals surface area contributed by atoms with Crippen molar-refractivity contribution < 1.29 is 13.9 Å². The number of hydrogen-bond donors (Lipinski definition) is 0. The number of hydrogen-bond acceptors (Lipinski definition) is 4. The SMILES string of the molecule is Cc1ccc(C)c(OCC(=O)N2CCC(c3nc4ccccc4o3)CC2)c1. The number of likely N-dealkylation sites (tertiary alicyclic amines) is 1. The Morgan fingerprint density at radius 3 is 2.74 bits per heavy atom. The van der Waals surface area contributed by atoms with Crippen molar-refractivity contribution in [2.24, 2.45) is 0 Å². The maximum Gasteiger partial charge on any atom is 0.260 e. The van der Waals surface area contributed by atoms with Gasteiger partial charge in [-0.25, -0.2) is 4.98 Å². The van der Waals surface area contributed by atoms with Crippen molar-refractivity contribution in [1.82, 2.24) is 9.88 Å². The summed E-state index contributed by atoms with van der Waals surface area (Å²) >= 11 is 0. The number of fused-ring (bicyclic) bond motifs is 1. The number of oxazole rings is 1. The third kappa shape index (κ3) is 3.82. The van der Waals surface area contributed by atoms with Gasteiger partial charge >= 0.3 is 0 Å². The summed E-state index contributed by atoms with van der Waals surface area (Å²) in [4.78, 5) is 19.0. The molecule has 5 heteroatoms. The summed E-state index contributed by atoms with van der Waals surface area (Å²) in [5.74, 6) is 1.87. The van der Waals surface area contributed by atoms with Crippen molar-refractivity contribution in [2.75, 3.05) is 19.7 Å². The summed E-state index contributed by atoms with van der Waals surface area (Å²) in [6.45, 7) is 5.50. The van der Waals surface area contributed by atoms with E-state index in [9.17, 15) is 4.79 Å². The first-order chi connectivity index (χ1) is 13.1. The van der Waals surface area contributed by atoms with Crippen LogP contribution in [0.1, 0.15) is 35.8 Å². The molecule has 4 rings (SSSR count). The normalized spacial score (nSPS) is 15.3. The van der Waals surface area contributed by atoms with Crippen LogP contribution < -0.4 is 4.74 Å². The van der Waals surface area contributed by atoms with Crippen molar-refractivity contribution >= 4 is 17.0 Å². The number of ether oxygens (including phenoxy) is 1. The van der Waals surface area contributed by atoms with E-state index in [1.165, 1.54) is 0 Å². The number of amides is 1. The van der Waals surface area contributed by atoms with E-state index in [4.69, 9.17) is 9.15 Å². The molecule has 1 fully saturated rings. The zero-order valence-electron chi connectivity index (χ0n) is 15.8. The van der Waals surface area contributed by atoms with Crippen molar-refractivity contribution in [3.8, 4) is 5.75 Å². The molecule has 1 saturated heterocycles. The molecule has 0 bridgehead atoms. The van der Waals surface area contributed by atoms with E-state index in [2.05, 4.69) is 4.98 Å². The van der Waals surface area contributed by atoms with E-state index >= 15 is 0 Å². The Hall–Kier alpha value is -2.82. The molecule has 1 aliphatic heterocycles. The summed E-state index contributed by atoms with van der Waals surface area (Å²) in [6, 6.07) is 13.9. The van der Waals surface area contributed by atoms with Crippen molar-refractivity contribution in [3.05, 3.63) is 59.5 Å². The molecule has 1 amide bonds. The Bertz CT molecular complexity index is 922. The average molecular weight is 364 g/mol. The first kappa shape index (κ1) is 17.6. The Balaban J connectivity index is 1.33. The van der Waals surface area contributed by atoms with Gasteiger partial charge in [0.15, 0.2) is 18.1 Å². The standard InChI is InChI=1S/C22H24N2O3/c1-15-7-8-16(2)20(13-15)26-14-21(25)24-11-9-17(10-12-24)22-23-18-5-3-4-6-19(18)27-22/h3-8,13,17H,9-12,14H2,1-2H3. The Kier molecular flexibility index (Phi) is 4.84. The van der Waals surface area contributed by atoms with Gasteiger partial charge in [-0.2, -0.15) is 0 Å². The molecule has 0 aliphatic carbocycles. The lowest BCUT2D eigenvalue weighted by Gasteiger charge is -2.30. The molecule has 0 atom stereocenters. The monoisotopic (exact) mass is 364 g/mol. The molecule has 0 saturated carbocycles. The average Bonchev–Trinajstić information content (AvgIpc) is 3.13. The van der Waals surface area contributed by atoms with Crippen LogP contribution in [-0.2, 0) is 4.79 Å². The minimum Gasteiger partial charge on any atom is -0.483 e. The lowest BCUT2D eigenvalue weighted by Crippen LogP contribution is -2.40. The molecule has 140 valence electrons. The quantitative estimate of drug-likeness (QED) is 0.695. The van der Waals surface area contributed by atoms with Gasteiger partial charge in [-0.15, -0.1) is 0 Å². The largest absolute Gasteiger partial charge is 0.483 e. The van der Waals surface area contributed by atoms with E-state index in [0.29, 0.717) is 13.1 Å². The van der Waals surface area contributed by atoms with Crippen LogP contribution in [0.25, 0.3) is 11.1 Å². The number of para-hydroxylation sites is 2. The van der Waals surface area contributed by atoms with Crippen LogP contribution in [0.5, 0.6) is 5.75 Å². The molecular formula is C22H24N2O3. The number of aromatic nitrogens is 1. The smallest absolute Gasteiger partial charge is 0.260 e. The molecule has 0 spiro atoms. The summed E-state index contributed by atoms with van der Waals surface area (Å²) in [7, 11) is 0. The van der Waals surface area contributed by atoms with Crippen LogP contribution in [0.3, 0.4) is 0 Å². The second-order valence-corrected chi connectivity index (χ2v) is 7.23. The number of aryl methyl sites for hydroxylation is 2. The van der Waals surface area contributed by atoms with Crippen LogP contribution >= 0.6 is 0 Å². The minimum absolute atomic E-state index is 0.0342. The second kappa shape index (κ2) is 7.43. The first-order valence-electron chi connectivity index (χ1n) is 9.43. The molecule has 3 aromatic rings. The van der Waals surface area contributed by atoms with E-state index in [0.717, 1.165) is 46.7 Å². The van der Waals surface area contributed by atoms with Gasteiger partial charge in [0.2, 0.25) is 0 Å². The van der Waals surface area contributed by atoms with Gasteiger partial charge in [-0.1, -0.05) is 24.3 Å². The highest BCUT2D eigenvalue weighted by atomic mass is 16.5.